The van der Waals surface area contributed by atoms with Crippen LogP contribution in [0.1, 0.15) is 38.3 Å². The summed E-state index contributed by atoms with van der Waals surface area (Å²) in [6, 6.07) is 42.7. The van der Waals surface area contributed by atoms with Gasteiger partial charge in [-0.05, 0) is 91.4 Å². The van der Waals surface area contributed by atoms with Crippen molar-refractivity contribution in [3.05, 3.63) is 181 Å². The molecule has 1 aromatic heterocycles. The standard InChI is InChI=1S/C44H39NO/c1-5-7-17-35(16-6-2)36-26-28-38(29-27-36)45(33(4)25-24-32(3)34-18-10-8-11-19-34)39-30-41(37-20-12-9-13-21-37)44-42(31-39)40-22-14-15-23-43(40)46-44/h5-15,17-31H,2,16H2,1,3-4H3/b7-5-,32-24+,33-25+,35-17+. The predicted octanol–water partition coefficient (Wildman–Crippen LogP) is 12.9. The van der Waals surface area contributed by atoms with Crippen LogP contribution in [-0.2, 0) is 0 Å². The van der Waals surface area contributed by atoms with E-state index in [-0.39, 0.29) is 0 Å². The summed E-state index contributed by atoms with van der Waals surface area (Å²) in [6.45, 7) is 10.4. The molecule has 5 aromatic carbocycles. The van der Waals surface area contributed by atoms with E-state index in [0.29, 0.717) is 0 Å². The molecule has 0 amide bonds. The number of para-hydroxylation sites is 1. The first-order valence-electron chi connectivity index (χ1n) is 15.8. The lowest BCUT2D eigenvalue weighted by atomic mass is 9.99. The van der Waals surface area contributed by atoms with Gasteiger partial charge in [-0.3, -0.25) is 0 Å². The Hall–Kier alpha value is -5.60. The van der Waals surface area contributed by atoms with Crippen molar-refractivity contribution >= 4 is 44.5 Å². The van der Waals surface area contributed by atoms with Crippen molar-refractivity contribution in [3.8, 4) is 11.1 Å². The maximum atomic E-state index is 6.50. The van der Waals surface area contributed by atoms with E-state index in [1.54, 1.807) is 0 Å². The van der Waals surface area contributed by atoms with Crippen LogP contribution < -0.4 is 4.90 Å². The largest absolute Gasteiger partial charge is 0.455 e. The Morgan fingerprint density at radius 2 is 1.39 bits per heavy atom. The molecule has 46 heavy (non-hydrogen) atoms. The maximum Gasteiger partial charge on any atom is 0.143 e. The first-order valence-corrected chi connectivity index (χ1v) is 15.8. The van der Waals surface area contributed by atoms with Gasteiger partial charge in [0.15, 0.2) is 0 Å². The molecule has 0 aliphatic rings. The van der Waals surface area contributed by atoms with Gasteiger partial charge in [0.2, 0.25) is 0 Å². The van der Waals surface area contributed by atoms with Crippen molar-refractivity contribution in [1.29, 1.82) is 0 Å². The van der Waals surface area contributed by atoms with Gasteiger partial charge in [0, 0.05) is 33.4 Å². The van der Waals surface area contributed by atoms with E-state index in [2.05, 4.69) is 165 Å². The van der Waals surface area contributed by atoms with E-state index >= 15 is 0 Å². The zero-order valence-electron chi connectivity index (χ0n) is 26.8. The number of hydrogen-bond donors (Lipinski definition) is 0. The fraction of sp³-hybridized carbons (Fsp3) is 0.0909. The van der Waals surface area contributed by atoms with E-state index in [9.17, 15) is 0 Å². The van der Waals surface area contributed by atoms with Gasteiger partial charge >= 0.3 is 0 Å². The third-order valence-electron chi connectivity index (χ3n) is 8.31. The zero-order valence-corrected chi connectivity index (χ0v) is 26.8. The third-order valence-corrected chi connectivity index (χ3v) is 8.31. The molecule has 0 aliphatic heterocycles. The zero-order chi connectivity index (χ0) is 31.9. The molecule has 0 N–H and O–H groups in total. The Bertz CT molecular complexity index is 2090. The Morgan fingerprint density at radius 1 is 0.696 bits per heavy atom. The molecule has 0 unspecified atom stereocenters. The Balaban J connectivity index is 1.55. The molecular weight excluding hydrogens is 558 g/mol. The average Bonchev–Trinajstić information content (AvgIpc) is 3.48. The molecule has 0 atom stereocenters. The molecule has 0 radical (unpaired) electrons. The molecule has 6 rings (SSSR count). The van der Waals surface area contributed by atoms with Crippen LogP contribution >= 0.6 is 0 Å². The number of fused-ring (bicyclic) bond motifs is 3. The molecule has 0 fully saturated rings. The minimum atomic E-state index is 0.806. The fourth-order valence-corrected chi connectivity index (χ4v) is 5.92. The summed E-state index contributed by atoms with van der Waals surface area (Å²) in [4.78, 5) is 2.34. The summed E-state index contributed by atoms with van der Waals surface area (Å²) in [5.41, 5.74) is 12.1. The van der Waals surface area contributed by atoms with E-state index < -0.39 is 0 Å². The molecule has 0 bridgehead atoms. The average molecular weight is 598 g/mol. The molecule has 0 saturated carbocycles. The molecule has 226 valence electrons. The SMILES string of the molecule is C=CC/C(=C\C=C/C)c1ccc(N(/C(C)=C/C=C(\C)c2ccccc2)c2cc(-c3ccccc3)c3oc4ccccc4c3c2)cc1. The van der Waals surface area contributed by atoms with Crippen LogP contribution in [-0.4, -0.2) is 0 Å². The van der Waals surface area contributed by atoms with Crippen LogP contribution in [0.5, 0.6) is 0 Å². The number of furan rings is 1. The molecular formula is C44H39NO. The van der Waals surface area contributed by atoms with Gasteiger partial charge < -0.3 is 9.32 Å². The quantitative estimate of drug-likeness (QED) is 0.115. The van der Waals surface area contributed by atoms with E-state index in [1.165, 1.54) is 22.3 Å². The second-order valence-corrected chi connectivity index (χ2v) is 11.5. The van der Waals surface area contributed by atoms with Gasteiger partial charge in [0.25, 0.3) is 0 Å². The fourth-order valence-electron chi connectivity index (χ4n) is 5.92. The highest BCUT2D eigenvalue weighted by atomic mass is 16.3. The van der Waals surface area contributed by atoms with Gasteiger partial charge in [-0.1, -0.05) is 121 Å². The van der Waals surface area contributed by atoms with Crippen molar-refractivity contribution in [3.63, 3.8) is 0 Å². The first-order chi connectivity index (χ1) is 22.6. The lowest BCUT2D eigenvalue weighted by Crippen LogP contribution is -2.14. The van der Waals surface area contributed by atoms with Gasteiger partial charge in [-0.2, -0.15) is 0 Å². The summed E-state index contributed by atoms with van der Waals surface area (Å²) in [6.07, 6.45) is 13.5. The summed E-state index contributed by atoms with van der Waals surface area (Å²) in [7, 11) is 0. The molecule has 2 nitrogen and oxygen atoms in total. The summed E-state index contributed by atoms with van der Waals surface area (Å²) >= 11 is 0. The van der Waals surface area contributed by atoms with Crippen molar-refractivity contribution in [2.45, 2.75) is 27.2 Å². The molecule has 1 heterocycles. The van der Waals surface area contributed by atoms with Crippen molar-refractivity contribution in [2.75, 3.05) is 4.90 Å². The summed E-state index contributed by atoms with van der Waals surface area (Å²) in [5.74, 6) is 0. The van der Waals surface area contributed by atoms with Crippen molar-refractivity contribution in [2.24, 2.45) is 0 Å². The van der Waals surface area contributed by atoms with Crippen LogP contribution in [0.2, 0.25) is 0 Å². The second kappa shape index (κ2) is 14.0. The Kier molecular flexibility index (Phi) is 9.27. The third kappa shape index (κ3) is 6.43. The minimum Gasteiger partial charge on any atom is -0.455 e. The summed E-state index contributed by atoms with van der Waals surface area (Å²) in [5, 5.41) is 2.20. The molecule has 6 aromatic rings. The maximum absolute atomic E-state index is 6.50. The van der Waals surface area contributed by atoms with Gasteiger partial charge in [-0.15, -0.1) is 6.58 Å². The number of anilines is 2. The first kappa shape index (κ1) is 30.4. The van der Waals surface area contributed by atoms with Gasteiger partial charge in [0.1, 0.15) is 11.2 Å². The number of benzene rings is 5. The highest BCUT2D eigenvalue weighted by Gasteiger charge is 2.19. The number of rotatable bonds is 10. The van der Waals surface area contributed by atoms with Crippen LogP contribution in [0.25, 0.3) is 44.2 Å². The molecule has 0 spiro atoms. The molecule has 0 saturated heterocycles. The minimum absolute atomic E-state index is 0.806. The van der Waals surface area contributed by atoms with E-state index in [1.807, 2.05) is 25.1 Å². The number of nitrogens with zero attached hydrogens (tertiary/aromatic N) is 1. The lowest BCUT2D eigenvalue weighted by molar-refractivity contribution is 0.670. The van der Waals surface area contributed by atoms with Crippen LogP contribution in [0, 0.1) is 0 Å². The Labute approximate surface area is 272 Å². The smallest absolute Gasteiger partial charge is 0.143 e. The van der Waals surface area contributed by atoms with E-state index in [4.69, 9.17) is 4.42 Å². The normalized spacial score (nSPS) is 12.7. The molecule has 2 heteroatoms. The monoisotopic (exact) mass is 597 g/mol. The van der Waals surface area contributed by atoms with E-state index in [0.717, 1.165) is 56.6 Å². The second-order valence-electron chi connectivity index (χ2n) is 11.5. The highest BCUT2D eigenvalue weighted by molar-refractivity contribution is 6.11. The van der Waals surface area contributed by atoms with Gasteiger partial charge in [0.05, 0.1) is 0 Å². The van der Waals surface area contributed by atoms with Gasteiger partial charge in [-0.25, -0.2) is 0 Å². The topological polar surface area (TPSA) is 16.4 Å². The van der Waals surface area contributed by atoms with Crippen molar-refractivity contribution in [1.82, 2.24) is 0 Å². The number of allylic oxidation sites excluding steroid dienone is 9. The van der Waals surface area contributed by atoms with Crippen LogP contribution in [0.4, 0.5) is 11.4 Å². The summed E-state index contributed by atoms with van der Waals surface area (Å²) < 4.78 is 6.50. The predicted molar refractivity (Wildman–Crippen MR) is 199 cm³/mol. The number of hydrogen-bond acceptors (Lipinski definition) is 2. The van der Waals surface area contributed by atoms with Crippen molar-refractivity contribution < 1.29 is 4.42 Å². The lowest BCUT2D eigenvalue weighted by Gasteiger charge is -2.27. The molecule has 0 aliphatic carbocycles. The van der Waals surface area contributed by atoms with Crippen LogP contribution in [0.3, 0.4) is 0 Å². The van der Waals surface area contributed by atoms with Crippen LogP contribution in [0.15, 0.2) is 174 Å². The Morgan fingerprint density at radius 3 is 2.11 bits per heavy atom. The highest BCUT2D eigenvalue weighted by Crippen LogP contribution is 2.42.